The van der Waals surface area contributed by atoms with Crippen molar-refractivity contribution < 1.29 is 0 Å². The van der Waals surface area contributed by atoms with Gasteiger partial charge in [-0.1, -0.05) is 26.7 Å². The van der Waals surface area contributed by atoms with Gasteiger partial charge in [-0.2, -0.15) is 5.10 Å². The number of aromatic nitrogens is 2. The Bertz CT molecular complexity index is 397. The van der Waals surface area contributed by atoms with E-state index in [1.54, 1.807) is 0 Å². The third-order valence-corrected chi connectivity index (χ3v) is 5.17. The lowest BCUT2D eigenvalue weighted by atomic mass is 9.71. The molecule has 120 valence electrons. The number of aryl methyl sites for hydroxylation is 1. The van der Waals surface area contributed by atoms with Crippen LogP contribution in [-0.2, 0) is 13.0 Å². The van der Waals surface area contributed by atoms with Crippen LogP contribution in [0.1, 0.15) is 58.4 Å². The van der Waals surface area contributed by atoms with Crippen LogP contribution in [-0.4, -0.2) is 22.9 Å². The zero-order valence-electron chi connectivity index (χ0n) is 14.1. The van der Waals surface area contributed by atoms with E-state index in [1.807, 2.05) is 0 Å². The lowest BCUT2D eigenvalue weighted by molar-refractivity contribution is 0.171. The van der Waals surface area contributed by atoms with Crippen molar-refractivity contribution in [1.29, 1.82) is 0 Å². The van der Waals surface area contributed by atoms with Crippen molar-refractivity contribution >= 4 is 0 Å². The molecule has 1 aromatic heterocycles. The first-order valence-corrected chi connectivity index (χ1v) is 8.98. The van der Waals surface area contributed by atoms with Gasteiger partial charge in [0.1, 0.15) is 0 Å². The third kappa shape index (κ3) is 4.84. The molecule has 1 heterocycles. The van der Waals surface area contributed by atoms with Gasteiger partial charge in [0, 0.05) is 12.7 Å². The second-order valence-electron chi connectivity index (χ2n) is 6.72. The fraction of sp³-hybridized carbons (Fsp3) is 0.833. The average Bonchev–Trinajstić information content (AvgIpc) is 2.96. The maximum atomic E-state index is 4.44. The molecule has 0 aliphatic heterocycles. The van der Waals surface area contributed by atoms with Crippen molar-refractivity contribution in [2.24, 2.45) is 17.8 Å². The summed E-state index contributed by atoms with van der Waals surface area (Å²) < 4.78 is 2.06. The highest BCUT2D eigenvalue weighted by Crippen LogP contribution is 2.37. The number of hydrogen-bond donors (Lipinski definition) is 1. The van der Waals surface area contributed by atoms with Crippen LogP contribution >= 0.6 is 0 Å². The summed E-state index contributed by atoms with van der Waals surface area (Å²) in [5.74, 6) is 2.63. The molecular weight excluding hydrogens is 258 g/mol. The van der Waals surface area contributed by atoms with E-state index in [-0.39, 0.29) is 0 Å². The minimum atomic E-state index is 0.836. The minimum Gasteiger partial charge on any atom is -0.316 e. The van der Waals surface area contributed by atoms with Crippen LogP contribution in [0.4, 0.5) is 0 Å². The summed E-state index contributed by atoms with van der Waals surface area (Å²) in [4.78, 5) is 0. The van der Waals surface area contributed by atoms with Crippen molar-refractivity contribution in [2.45, 2.75) is 65.8 Å². The monoisotopic (exact) mass is 291 g/mol. The van der Waals surface area contributed by atoms with E-state index < -0.39 is 0 Å². The Kier molecular flexibility index (Phi) is 6.75. The molecule has 3 nitrogen and oxygen atoms in total. The lowest BCUT2D eigenvalue weighted by Crippen LogP contribution is -2.34. The zero-order valence-corrected chi connectivity index (χ0v) is 14.1. The quantitative estimate of drug-likeness (QED) is 0.736. The highest BCUT2D eigenvalue weighted by molar-refractivity contribution is 5.06. The smallest absolute Gasteiger partial charge is 0.0521 e. The summed E-state index contributed by atoms with van der Waals surface area (Å²) in [5.41, 5.74) is 1.43. The first-order valence-electron chi connectivity index (χ1n) is 8.98. The van der Waals surface area contributed by atoms with Crippen LogP contribution in [0.5, 0.6) is 0 Å². The zero-order chi connectivity index (χ0) is 15.1. The van der Waals surface area contributed by atoms with Gasteiger partial charge in [0.25, 0.3) is 0 Å². The predicted molar refractivity (Wildman–Crippen MR) is 89.4 cm³/mol. The Morgan fingerprint density at radius 2 is 2.10 bits per heavy atom. The summed E-state index contributed by atoms with van der Waals surface area (Å²) >= 11 is 0. The molecule has 1 aromatic rings. The molecule has 0 saturated heterocycles. The lowest BCUT2D eigenvalue weighted by Gasteiger charge is -2.36. The van der Waals surface area contributed by atoms with Crippen LogP contribution in [0.15, 0.2) is 12.4 Å². The van der Waals surface area contributed by atoms with Crippen LogP contribution in [0, 0.1) is 17.8 Å². The van der Waals surface area contributed by atoms with Gasteiger partial charge in [0.15, 0.2) is 0 Å². The van der Waals surface area contributed by atoms with Crippen LogP contribution in [0.25, 0.3) is 0 Å². The van der Waals surface area contributed by atoms with E-state index in [1.165, 1.54) is 50.6 Å². The molecule has 0 radical (unpaired) electrons. The molecule has 3 atom stereocenters. The maximum absolute atomic E-state index is 4.44. The van der Waals surface area contributed by atoms with E-state index in [2.05, 4.69) is 48.3 Å². The van der Waals surface area contributed by atoms with Crippen molar-refractivity contribution in [3.05, 3.63) is 18.0 Å². The Balaban J connectivity index is 1.95. The summed E-state index contributed by atoms with van der Waals surface area (Å²) in [6.45, 7) is 10.1. The topological polar surface area (TPSA) is 29.9 Å². The van der Waals surface area contributed by atoms with E-state index in [0.717, 1.165) is 30.8 Å². The predicted octanol–water partition coefficient (Wildman–Crippen LogP) is 3.89. The first kappa shape index (κ1) is 16.5. The normalized spacial score (nSPS) is 26.1. The van der Waals surface area contributed by atoms with E-state index in [9.17, 15) is 0 Å². The van der Waals surface area contributed by atoms with Crippen LogP contribution < -0.4 is 5.32 Å². The number of hydrogen-bond acceptors (Lipinski definition) is 2. The number of nitrogens with zero attached hydrogens (tertiary/aromatic N) is 2. The molecule has 21 heavy (non-hydrogen) atoms. The van der Waals surface area contributed by atoms with Gasteiger partial charge in [-0.15, -0.1) is 0 Å². The highest BCUT2D eigenvalue weighted by Gasteiger charge is 2.29. The average molecular weight is 291 g/mol. The van der Waals surface area contributed by atoms with Crippen molar-refractivity contribution in [3.63, 3.8) is 0 Å². The fourth-order valence-electron chi connectivity index (χ4n) is 3.77. The minimum absolute atomic E-state index is 0.836. The number of rotatable bonds is 8. The van der Waals surface area contributed by atoms with Gasteiger partial charge in [-0.3, -0.25) is 4.68 Å². The molecule has 1 fully saturated rings. The van der Waals surface area contributed by atoms with E-state index in [0.29, 0.717) is 0 Å². The largest absolute Gasteiger partial charge is 0.316 e. The van der Waals surface area contributed by atoms with Gasteiger partial charge in [0.05, 0.1) is 6.20 Å². The second-order valence-corrected chi connectivity index (χ2v) is 6.72. The van der Waals surface area contributed by atoms with Gasteiger partial charge in [0.2, 0.25) is 0 Å². The molecule has 3 heteroatoms. The molecule has 2 rings (SSSR count). The van der Waals surface area contributed by atoms with Gasteiger partial charge < -0.3 is 5.32 Å². The standard InChI is InChI=1S/C18H33N3/c1-4-9-19-13-17-8-7-15(5-2)10-18(17)11-16-12-20-21(6-3)14-16/h12,14-15,17-19H,4-11,13H2,1-3H3. The van der Waals surface area contributed by atoms with Gasteiger partial charge in [-0.25, -0.2) is 0 Å². The van der Waals surface area contributed by atoms with Crippen molar-refractivity contribution in [2.75, 3.05) is 13.1 Å². The second kappa shape index (κ2) is 8.57. The van der Waals surface area contributed by atoms with Gasteiger partial charge in [-0.05, 0) is 69.0 Å². The Morgan fingerprint density at radius 1 is 1.24 bits per heavy atom. The summed E-state index contributed by atoms with van der Waals surface area (Å²) in [5, 5.41) is 8.09. The molecular formula is C18H33N3. The summed E-state index contributed by atoms with van der Waals surface area (Å²) in [7, 11) is 0. The summed E-state index contributed by atoms with van der Waals surface area (Å²) in [6.07, 6.45) is 12.4. The molecule has 1 aliphatic rings. The molecule has 1 saturated carbocycles. The molecule has 1 N–H and O–H groups in total. The van der Waals surface area contributed by atoms with Crippen molar-refractivity contribution in [3.8, 4) is 0 Å². The Labute approximate surface area is 130 Å². The molecule has 0 amide bonds. The SMILES string of the molecule is CCCNCC1CCC(CC)CC1Cc1cnn(CC)c1. The fourth-order valence-corrected chi connectivity index (χ4v) is 3.77. The maximum Gasteiger partial charge on any atom is 0.0521 e. The molecule has 0 spiro atoms. The van der Waals surface area contributed by atoms with Crippen LogP contribution in [0.2, 0.25) is 0 Å². The van der Waals surface area contributed by atoms with E-state index in [4.69, 9.17) is 0 Å². The molecule has 1 aliphatic carbocycles. The Morgan fingerprint density at radius 3 is 2.76 bits per heavy atom. The molecule has 3 unspecified atom stereocenters. The van der Waals surface area contributed by atoms with E-state index >= 15 is 0 Å². The molecule has 0 bridgehead atoms. The van der Waals surface area contributed by atoms with Crippen molar-refractivity contribution in [1.82, 2.24) is 15.1 Å². The first-order chi connectivity index (χ1) is 10.3. The third-order valence-electron chi connectivity index (χ3n) is 5.17. The Hall–Kier alpha value is -0.830. The van der Waals surface area contributed by atoms with Gasteiger partial charge >= 0.3 is 0 Å². The molecule has 0 aromatic carbocycles. The highest BCUT2D eigenvalue weighted by atomic mass is 15.3. The number of nitrogens with one attached hydrogen (secondary N) is 1. The summed E-state index contributed by atoms with van der Waals surface area (Å²) in [6, 6.07) is 0. The van der Waals surface area contributed by atoms with Crippen LogP contribution in [0.3, 0.4) is 0 Å².